The van der Waals surface area contributed by atoms with Crippen molar-refractivity contribution in [3.63, 3.8) is 0 Å². The van der Waals surface area contributed by atoms with Crippen molar-refractivity contribution in [3.8, 4) is 11.5 Å². The van der Waals surface area contributed by atoms with Gasteiger partial charge >= 0.3 is 0 Å². The van der Waals surface area contributed by atoms with Gasteiger partial charge in [0, 0.05) is 13.0 Å². The Morgan fingerprint density at radius 2 is 1.88 bits per heavy atom. The number of amides is 1. The highest BCUT2D eigenvalue weighted by Gasteiger charge is 2.14. The van der Waals surface area contributed by atoms with Crippen LogP contribution < -0.4 is 14.8 Å². The van der Waals surface area contributed by atoms with E-state index in [4.69, 9.17) is 9.47 Å². The van der Waals surface area contributed by atoms with Gasteiger partial charge in [-0.2, -0.15) is 0 Å². The van der Waals surface area contributed by atoms with E-state index in [1.54, 1.807) is 0 Å². The summed E-state index contributed by atoms with van der Waals surface area (Å²) >= 11 is 0. The summed E-state index contributed by atoms with van der Waals surface area (Å²) < 4.78 is 11.1. The molecule has 0 unspecified atom stereocenters. The highest BCUT2D eigenvalue weighted by Crippen LogP contribution is 2.31. The number of benzene rings is 1. The third-order valence-electron chi connectivity index (χ3n) is 5.08. The van der Waals surface area contributed by atoms with E-state index in [0.29, 0.717) is 19.6 Å². The van der Waals surface area contributed by atoms with E-state index in [1.165, 1.54) is 38.5 Å². The molecule has 2 aliphatic rings. The van der Waals surface area contributed by atoms with Crippen LogP contribution in [0.15, 0.2) is 18.2 Å². The maximum Gasteiger partial charge on any atom is 0.220 e. The Balaban J connectivity index is 1.32. The molecule has 4 heteroatoms. The fourth-order valence-electron chi connectivity index (χ4n) is 3.68. The Labute approximate surface area is 144 Å². The summed E-state index contributed by atoms with van der Waals surface area (Å²) in [4.78, 5) is 12.0. The number of nitrogens with one attached hydrogen (secondary N) is 1. The molecule has 1 N–H and O–H groups in total. The summed E-state index contributed by atoms with van der Waals surface area (Å²) in [5.41, 5.74) is 1.12. The van der Waals surface area contributed by atoms with Crippen molar-refractivity contribution < 1.29 is 14.3 Å². The molecule has 0 bridgehead atoms. The number of rotatable bonds is 7. The Hall–Kier alpha value is -1.71. The van der Waals surface area contributed by atoms with Gasteiger partial charge in [-0.1, -0.05) is 38.2 Å². The second-order valence-corrected chi connectivity index (χ2v) is 6.97. The summed E-state index contributed by atoms with van der Waals surface area (Å²) in [6.07, 6.45) is 10.6. The predicted octanol–water partition coefficient (Wildman–Crippen LogP) is 3.87. The number of hydrogen-bond donors (Lipinski definition) is 1. The molecular formula is C20H29NO3. The largest absolute Gasteiger partial charge is 0.486 e. The van der Waals surface area contributed by atoms with Crippen LogP contribution in [0.5, 0.6) is 11.5 Å². The first-order valence-corrected chi connectivity index (χ1v) is 9.46. The fourth-order valence-corrected chi connectivity index (χ4v) is 3.68. The third kappa shape index (κ3) is 5.15. The molecule has 0 aromatic heterocycles. The quantitative estimate of drug-likeness (QED) is 0.772. The molecule has 1 fully saturated rings. The van der Waals surface area contributed by atoms with Crippen LogP contribution in [0.4, 0.5) is 0 Å². The van der Waals surface area contributed by atoms with Gasteiger partial charge in [0.05, 0.1) is 0 Å². The lowest BCUT2D eigenvalue weighted by atomic mass is 9.86. The van der Waals surface area contributed by atoms with Gasteiger partial charge in [0.15, 0.2) is 11.5 Å². The van der Waals surface area contributed by atoms with E-state index in [1.807, 2.05) is 18.2 Å². The predicted molar refractivity (Wildman–Crippen MR) is 94.6 cm³/mol. The van der Waals surface area contributed by atoms with Gasteiger partial charge in [-0.25, -0.2) is 0 Å². The molecule has 3 rings (SSSR count). The second kappa shape index (κ2) is 8.95. The zero-order valence-electron chi connectivity index (χ0n) is 14.5. The molecule has 1 aliphatic heterocycles. The minimum absolute atomic E-state index is 0.147. The van der Waals surface area contributed by atoms with Gasteiger partial charge in [0.1, 0.15) is 13.2 Å². The first-order valence-electron chi connectivity index (χ1n) is 9.46. The lowest BCUT2D eigenvalue weighted by Crippen LogP contribution is -2.25. The van der Waals surface area contributed by atoms with Gasteiger partial charge < -0.3 is 14.8 Å². The number of aryl methyl sites for hydroxylation is 1. The maximum absolute atomic E-state index is 12.0. The van der Waals surface area contributed by atoms with Crippen molar-refractivity contribution in [2.75, 3.05) is 19.8 Å². The van der Waals surface area contributed by atoms with Crippen molar-refractivity contribution in [2.24, 2.45) is 5.92 Å². The molecule has 1 amide bonds. The molecular weight excluding hydrogens is 302 g/mol. The molecule has 0 spiro atoms. The molecule has 0 radical (unpaired) electrons. The Kier molecular flexibility index (Phi) is 6.39. The van der Waals surface area contributed by atoms with Gasteiger partial charge in [0.2, 0.25) is 5.91 Å². The third-order valence-corrected chi connectivity index (χ3v) is 5.08. The average molecular weight is 331 g/mol. The van der Waals surface area contributed by atoms with Crippen LogP contribution in [0.1, 0.15) is 56.9 Å². The molecule has 1 aliphatic carbocycles. The van der Waals surface area contributed by atoms with Crippen LogP contribution in [-0.2, 0) is 11.2 Å². The van der Waals surface area contributed by atoms with Crippen molar-refractivity contribution >= 4 is 5.91 Å². The van der Waals surface area contributed by atoms with Crippen LogP contribution >= 0.6 is 0 Å². The minimum Gasteiger partial charge on any atom is -0.486 e. The van der Waals surface area contributed by atoms with E-state index in [2.05, 4.69) is 5.32 Å². The van der Waals surface area contributed by atoms with Gasteiger partial charge in [-0.05, 0) is 42.9 Å². The first-order chi connectivity index (χ1) is 11.8. The minimum atomic E-state index is 0.147. The van der Waals surface area contributed by atoms with E-state index in [-0.39, 0.29) is 5.91 Å². The van der Waals surface area contributed by atoms with Crippen LogP contribution in [-0.4, -0.2) is 25.7 Å². The molecule has 1 heterocycles. The normalized spacial score (nSPS) is 17.5. The molecule has 0 atom stereocenters. The van der Waals surface area contributed by atoms with Gasteiger partial charge in [-0.3, -0.25) is 4.79 Å². The first kappa shape index (κ1) is 17.1. The standard InChI is InChI=1S/C20H29NO3/c22-20(21-12-4-7-16-5-2-1-3-6-16)11-9-17-8-10-18-19(15-17)24-14-13-23-18/h8,10,15-16H,1-7,9,11-14H2,(H,21,22). The lowest BCUT2D eigenvalue weighted by Gasteiger charge is -2.21. The Morgan fingerprint density at radius 3 is 2.71 bits per heavy atom. The average Bonchev–Trinajstić information content (AvgIpc) is 2.64. The van der Waals surface area contributed by atoms with E-state index < -0.39 is 0 Å². The highest BCUT2D eigenvalue weighted by atomic mass is 16.6. The zero-order valence-corrected chi connectivity index (χ0v) is 14.5. The number of hydrogen-bond acceptors (Lipinski definition) is 3. The zero-order chi connectivity index (χ0) is 16.6. The number of carbonyl (C=O) groups excluding carboxylic acids is 1. The smallest absolute Gasteiger partial charge is 0.220 e. The molecule has 1 saturated carbocycles. The SMILES string of the molecule is O=C(CCc1ccc2c(c1)OCCO2)NCCCC1CCCCC1. The molecule has 24 heavy (non-hydrogen) atoms. The molecule has 4 nitrogen and oxygen atoms in total. The van der Waals surface area contributed by atoms with Crippen molar-refractivity contribution in [1.82, 2.24) is 5.32 Å². The topological polar surface area (TPSA) is 47.6 Å². The maximum atomic E-state index is 12.0. The van der Waals surface area contributed by atoms with Crippen molar-refractivity contribution in [2.45, 2.75) is 57.8 Å². The Morgan fingerprint density at radius 1 is 1.08 bits per heavy atom. The van der Waals surface area contributed by atoms with Crippen LogP contribution in [0, 0.1) is 5.92 Å². The highest BCUT2D eigenvalue weighted by molar-refractivity contribution is 5.76. The molecule has 1 aromatic carbocycles. The molecule has 132 valence electrons. The van der Waals surface area contributed by atoms with E-state index >= 15 is 0 Å². The van der Waals surface area contributed by atoms with Gasteiger partial charge in [0.25, 0.3) is 0 Å². The van der Waals surface area contributed by atoms with E-state index in [0.717, 1.165) is 42.4 Å². The van der Waals surface area contributed by atoms with Crippen molar-refractivity contribution in [3.05, 3.63) is 23.8 Å². The van der Waals surface area contributed by atoms with Crippen LogP contribution in [0.25, 0.3) is 0 Å². The number of fused-ring (bicyclic) bond motifs is 1. The Bertz CT molecular complexity index is 538. The second-order valence-electron chi connectivity index (χ2n) is 6.97. The summed E-state index contributed by atoms with van der Waals surface area (Å²) in [6.45, 7) is 2.02. The monoisotopic (exact) mass is 331 g/mol. The van der Waals surface area contributed by atoms with Gasteiger partial charge in [-0.15, -0.1) is 0 Å². The summed E-state index contributed by atoms with van der Waals surface area (Å²) in [6, 6.07) is 5.95. The molecule has 1 aromatic rings. The molecule has 0 saturated heterocycles. The van der Waals surface area contributed by atoms with Crippen molar-refractivity contribution in [1.29, 1.82) is 0 Å². The summed E-state index contributed by atoms with van der Waals surface area (Å²) in [5.74, 6) is 2.64. The van der Waals surface area contributed by atoms with Crippen LogP contribution in [0.2, 0.25) is 0 Å². The lowest BCUT2D eigenvalue weighted by molar-refractivity contribution is -0.121. The number of carbonyl (C=O) groups is 1. The van der Waals surface area contributed by atoms with Crippen LogP contribution in [0.3, 0.4) is 0 Å². The fraction of sp³-hybridized carbons (Fsp3) is 0.650. The summed E-state index contributed by atoms with van der Waals surface area (Å²) in [7, 11) is 0. The summed E-state index contributed by atoms with van der Waals surface area (Å²) in [5, 5.41) is 3.06. The van der Waals surface area contributed by atoms with E-state index in [9.17, 15) is 4.79 Å². The number of ether oxygens (including phenoxy) is 2.